The average Bonchev–Trinajstić information content (AvgIpc) is 3.54. The highest BCUT2D eigenvalue weighted by molar-refractivity contribution is 6.05. The van der Waals surface area contributed by atoms with Crippen LogP contribution in [0.2, 0.25) is 0 Å². The predicted molar refractivity (Wildman–Crippen MR) is 146 cm³/mol. The highest BCUT2D eigenvalue weighted by Gasteiger charge is 2.31. The van der Waals surface area contributed by atoms with Crippen LogP contribution in [0.3, 0.4) is 0 Å². The molecule has 0 saturated heterocycles. The SMILES string of the molecule is CNC(=O)c1n[nH]c2cc(-c3cc(NC(=O)Nc4cc(-n5cnc(C)c5)cc(C(F)(F)F)c4)ccc3C)ccc12. The summed E-state index contributed by atoms with van der Waals surface area (Å²) in [5, 5.41) is 15.4. The van der Waals surface area contributed by atoms with E-state index in [-0.39, 0.29) is 23.0 Å². The van der Waals surface area contributed by atoms with Gasteiger partial charge in [0.15, 0.2) is 5.69 Å². The van der Waals surface area contributed by atoms with Crippen LogP contribution in [-0.4, -0.2) is 38.7 Å². The summed E-state index contributed by atoms with van der Waals surface area (Å²) < 4.78 is 42.2. The normalized spacial score (nSPS) is 11.4. The first-order valence-electron chi connectivity index (χ1n) is 12.1. The fourth-order valence-electron chi connectivity index (χ4n) is 4.34. The number of fused-ring (bicyclic) bond motifs is 1. The summed E-state index contributed by atoms with van der Waals surface area (Å²) in [6, 6.07) is 13.4. The van der Waals surface area contributed by atoms with Gasteiger partial charge in [-0.1, -0.05) is 12.1 Å². The number of carbonyl (C=O) groups excluding carboxylic acids is 2. The van der Waals surface area contributed by atoms with Gasteiger partial charge in [-0.2, -0.15) is 18.3 Å². The Morgan fingerprint density at radius 3 is 2.42 bits per heavy atom. The fraction of sp³-hybridized carbons (Fsp3) is 0.143. The van der Waals surface area contributed by atoms with E-state index in [0.717, 1.165) is 28.8 Å². The molecule has 0 bridgehead atoms. The molecule has 5 rings (SSSR count). The Kier molecular flexibility index (Phi) is 6.76. The van der Waals surface area contributed by atoms with Crippen molar-refractivity contribution in [1.82, 2.24) is 25.1 Å². The van der Waals surface area contributed by atoms with Gasteiger partial charge in [0.1, 0.15) is 0 Å². The Bertz CT molecular complexity index is 1750. The minimum absolute atomic E-state index is 0.0300. The van der Waals surface area contributed by atoms with Gasteiger partial charge in [0.25, 0.3) is 5.91 Å². The Morgan fingerprint density at radius 1 is 0.950 bits per heavy atom. The zero-order valence-corrected chi connectivity index (χ0v) is 21.6. The van der Waals surface area contributed by atoms with Crippen LogP contribution >= 0.6 is 0 Å². The number of urea groups is 1. The van der Waals surface area contributed by atoms with E-state index in [9.17, 15) is 22.8 Å². The lowest BCUT2D eigenvalue weighted by Crippen LogP contribution is -2.20. The Hall–Kier alpha value is -5.13. The van der Waals surface area contributed by atoms with E-state index in [1.54, 1.807) is 31.3 Å². The van der Waals surface area contributed by atoms with Crippen molar-refractivity contribution in [3.63, 3.8) is 0 Å². The summed E-state index contributed by atoms with van der Waals surface area (Å²) in [6.45, 7) is 3.63. The second kappa shape index (κ2) is 10.2. The molecule has 2 aromatic heterocycles. The summed E-state index contributed by atoms with van der Waals surface area (Å²) >= 11 is 0. The Morgan fingerprint density at radius 2 is 1.73 bits per heavy atom. The number of aromatic nitrogens is 4. The molecule has 0 radical (unpaired) electrons. The standard InChI is InChI=1S/C28H24F3N7O2/c1-15-4-6-19(12-23(15)17-5-7-22-24(8-17)36-37-25(22)26(39)32-3)34-27(40)35-20-9-18(28(29,30)31)10-21(11-20)38-13-16(2)33-14-38/h4-14H,1-3H3,(H,32,39)(H,36,37)(H2,34,35,40). The minimum atomic E-state index is -4.61. The number of carbonyl (C=O) groups is 2. The molecule has 9 nitrogen and oxygen atoms in total. The number of anilines is 2. The van der Waals surface area contributed by atoms with Gasteiger partial charge in [-0.25, -0.2) is 9.78 Å². The summed E-state index contributed by atoms with van der Waals surface area (Å²) in [7, 11) is 1.53. The lowest BCUT2D eigenvalue weighted by molar-refractivity contribution is -0.137. The van der Waals surface area contributed by atoms with Crippen molar-refractivity contribution in [2.75, 3.05) is 17.7 Å². The zero-order chi connectivity index (χ0) is 28.6. The molecule has 2 heterocycles. The summed E-state index contributed by atoms with van der Waals surface area (Å²) in [5.74, 6) is -0.305. The molecule has 12 heteroatoms. The van der Waals surface area contributed by atoms with Gasteiger partial charge < -0.3 is 20.5 Å². The van der Waals surface area contributed by atoms with Gasteiger partial charge in [-0.3, -0.25) is 9.89 Å². The van der Waals surface area contributed by atoms with Gasteiger partial charge in [0.05, 0.1) is 23.1 Å². The molecule has 0 unspecified atom stereocenters. The van der Waals surface area contributed by atoms with Crippen LogP contribution in [0, 0.1) is 13.8 Å². The van der Waals surface area contributed by atoms with Crippen LogP contribution in [0.15, 0.2) is 67.1 Å². The molecule has 204 valence electrons. The van der Waals surface area contributed by atoms with Crippen molar-refractivity contribution in [2.45, 2.75) is 20.0 Å². The number of H-pyrrole nitrogens is 1. The number of aryl methyl sites for hydroxylation is 2. The largest absolute Gasteiger partial charge is 0.416 e. The molecule has 0 aliphatic rings. The van der Waals surface area contributed by atoms with Gasteiger partial charge >= 0.3 is 12.2 Å². The van der Waals surface area contributed by atoms with Gasteiger partial charge in [-0.05, 0) is 73.0 Å². The van der Waals surface area contributed by atoms with Crippen molar-refractivity contribution < 1.29 is 22.8 Å². The highest BCUT2D eigenvalue weighted by Crippen LogP contribution is 2.33. The van der Waals surface area contributed by atoms with E-state index in [1.807, 2.05) is 25.1 Å². The third kappa shape index (κ3) is 5.37. The Labute approximate surface area is 226 Å². The molecule has 4 N–H and O–H groups in total. The molecule has 0 atom stereocenters. The molecule has 3 amide bonds. The van der Waals surface area contributed by atoms with E-state index in [0.29, 0.717) is 22.3 Å². The van der Waals surface area contributed by atoms with E-state index < -0.39 is 17.8 Å². The number of rotatable bonds is 5. The minimum Gasteiger partial charge on any atom is -0.354 e. The number of imidazole rings is 1. The van der Waals surface area contributed by atoms with Crippen molar-refractivity contribution in [2.24, 2.45) is 0 Å². The summed E-state index contributed by atoms with van der Waals surface area (Å²) in [4.78, 5) is 28.9. The van der Waals surface area contributed by atoms with Crippen LogP contribution in [0.5, 0.6) is 0 Å². The summed E-state index contributed by atoms with van der Waals surface area (Å²) in [5.41, 5.74) is 3.85. The topological polar surface area (TPSA) is 117 Å². The van der Waals surface area contributed by atoms with Crippen LogP contribution in [0.1, 0.15) is 27.3 Å². The van der Waals surface area contributed by atoms with Crippen molar-refractivity contribution in [1.29, 1.82) is 0 Å². The summed E-state index contributed by atoms with van der Waals surface area (Å²) in [6.07, 6.45) is -1.61. The van der Waals surface area contributed by atoms with Crippen molar-refractivity contribution in [3.05, 3.63) is 89.6 Å². The number of alkyl halides is 3. The maximum Gasteiger partial charge on any atom is 0.416 e. The molecule has 5 aromatic rings. The quantitative estimate of drug-likeness (QED) is 0.214. The smallest absolute Gasteiger partial charge is 0.354 e. The first-order valence-corrected chi connectivity index (χ1v) is 12.1. The lowest BCUT2D eigenvalue weighted by atomic mass is 9.98. The highest BCUT2D eigenvalue weighted by atomic mass is 19.4. The number of aromatic amines is 1. The molecule has 40 heavy (non-hydrogen) atoms. The second-order valence-corrected chi connectivity index (χ2v) is 9.21. The predicted octanol–water partition coefficient (Wildman–Crippen LogP) is 6.05. The zero-order valence-electron chi connectivity index (χ0n) is 21.6. The third-order valence-corrected chi connectivity index (χ3v) is 6.32. The number of hydrogen-bond donors (Lipinski definition) is 4. The molecular weight excluding hydrogens is 523 g/mol. The van der Waals surface area contributed by atoms with E-state index in [1.165, 1.54) is 24.0 Å². The fourth-order valence-corrected chi connectivity index (χ4v) is 4.34. The molecule has 0 fully saturated rings. The molecule has 0 spiro atoms. The van der Waals surface area contributed by atoms with E-state index >= 15 is 0 Å². The van der Waals surface area contributed by atoms with Crippen LogP contribution < -0.4 is 16.0 Å². The molecule has 0 aliphatic heterocycles. The number of benzene rings is 3. The van der Waals surface area contributed by atoms with Gasteiger partial charge in [0, 0.05) is 35.7 Å². The van der Waals surface area contributed by atoms with E-state index in [4.69, 9.17) is 0 Å². The van der Waals surface area contributed by atoms with Crippen LogP contribution in [0.4, 0.5) is 29.3 Å². The third-order valence-electron chi connectivity index (χ3n) is 6.32. The maximum atomic E-state index is 13.6. The lowest BCUT2D eigenvalue weighted by Gasteiger charge is -2.15. The monoisotopic (exact) mass is 547 g/mol. The van der Waals surface area contributed by atoms with Crippen LogP contribution in [0.25, 0.3) is 27.7 Å². The number of halogens is 3. The molecular formula is C28H24F3N7O2. The number of amides is 3. The first kappa shape index (κ1) is 26.5. The Balaban J connectivity index is 1.39. The van der Waals surface area contributed by atoms with Gasteiger partial charge in [-0.15, -0.1) is 0 Å². The van der Waals surface area contributed by atoms with Crippen LogP contribution in [-0.2, 0) is 6.18 Å². The molecule has 0 saturated carbocycles. The average molecular weight is 548 g/mol. The number of nitrogens with one attached hydrogen (secondary N) is 4. The first-order chi connectivity index (χ1) is 19.0. The molecule has 3 aromatic carbocycles. The second-order valence-electron chi connectivity index (χ2n) is 9.21. The maximum absolute atomic E-state index is 13.6. The number of hydrogen-bond acceptors (Lipinski definition) is 4. The van der Waals surface area contributed by atoms with E-state index in [2.05, 4.69) is 31.1 Å². The van der Waals surface area contributed by atoms with Crippen molar-refractivity contribution >= 4 is 34.2 Å². The number of nitrogens with zero attached hydrogens (tertiary/aromatic N) is 3. The molecule has 0 aliphatic carbocycles. The van der Waals surface area contributed by atoms with Gasteiger partial charge in [0.2, 0.25) is 0 Å². The van der Waals surface area contributed by atoms with Crippen molar-refractivity contribution in [3.8, 4) is 16.8 Å².